The van der Waals surface area contributed by atoms with Crippen LogP contribution in [0.3, 0.4) is 0 Å². The van der Waals surface area contributed by atoms with Crippen LogP contribution in [0.4, 0.5) is 5.13 Å². The van der Waals surface area contributed by atoms with Crippen LogP contribution in [0, 0.1) is 0 Å². The lowest BCUT2D eigenvalue weighted by Crippen LogP contribution is -2.71. The number of oxazole rings is 1. The van der Waals surface area contributed by atoms with Crippen LogP contribution in [0.1, 0.15) is 11.6 Å². The number of nitrogens with two attached hydrogens (primary N) is 1. The number of nitrogens with one attached hydrogen (secondary N) is 2. The van der Waals surface area contributed by atoms with Gasteiger partial charge in [0.15, 0.2) is 24.1 Å². The number of nitrogens with zero attached hydrogens (tertiary/aromatic N) is 6. The van der Waals surface area contributed by atoms with Gasteiger partial charge < -0.3 is 25.4 Å². The monoisotopic (exact) mass is 722 g/mol. The van der Waals surface area contributed by atoms with E-state index in [-0.39, 0.29) is 41.1 Å². The molecule has 2 aliphatic rings. The number of carbonyl (C=O) groups is 4. The molecule has 3 aromatic heterocycles. The summed E-state index contributed by atoms with van der Waals surface area (Å²) in [6.07, 6.45) is 4.87. The first-order valence-corrected chi connectivity index (χ1v) is 16.4. The third kappa shape index (κ3) is 6.84. The summed E-state index contributed by atoms with van der Waals surface area (Å²) in [5, 5.41) is 15.8. The summed E-state index contributed by atoms with van der Waals surface area (Å²) < 4.78 is 12.2. The van der Waals surface area contributed by atoms with Crippen molar-refractivity contribution in [2.75, 3.05) is 25.7 Å². The third-order valence-electron chi connectivity index (χ3n) is 7.57. The number of carboxylic acids is 1. The number of hydrogen-bond acceptors (Lipinski definition) is 14. The highest BCUT2D eigenvalue weighted by Crippen LogP contribution is 2.40. The SMILES string of the molecule is CO/N=C(\C(=O)N[C@@H]1C(=O)N2C(C(=O)O)=C(C[n+]3ccc(-c4ccc(-n5cc(CC(=O)NOC)oc5=O)cc4)cc3)CS[C@@H]12)c1nsc(N)n1. The number of rotatable bonds is 12. The fourth-order valence-corrected chi connectivity index (χ4v) is 7.14. The maximum Gasteiger partial charge on any atom is 0.423 e. The first kappa shape index (κ1) is 34.0. The molecular formula is C30H28N9O9S2+. The summed E-state index contributed by atoms with van der Waals surface area (Å²) >= 11 is 2.19. The average molecular weight is 723 g/mol. The van der Waals surface area contributed by atoms with Crippen molar-refractivity contribution in [2.45, 2.75) is 24.4 Å². The van der Waals surface area contributed by atoms with Gasteiger partial charge in [-0.15, -0.1) is 11.8 Å². The Morgan fingerprint density at radius 2 is 1.86 bits per heavy atom. The fraction of sp³-hybridized carbons (Fsp3) is 0.233. The van der Waals surface area contributed by atoms with E-state index in [9.17, 15) is 29.1 Å². The molecule has 0 radical (unpaired) electrons. The standard InChI is InChI=1S/C30H27N9O9S2/c1-46-34-20(40)11-19-13-38(30(45)48-19)18-5-3-15(4-6-18)16-7-9-37(10-8-16)12-17-14-49-27-22(26(42)39(27)23(17)28(43)44)32-25(41)21(35-47-2)24-33-29(31)50-36-24/h3-10,13,22,27H,11-12,14H2,1-2H3,(H4-,31,32,33,34,36,40,41,43,44)/p+1/b35-21-/t22-,27+/m1/s1. The summed E-state index contributed by atoms with van der Waals surface area (Å²) in [5.74, 6) is -3.29. The number of aromatic nitrogens is 4. The van der Waals surface area contributed by atoms with E-state index in [0.717, 1.165) is 22.7 Å². The van der Waals surface area contributed by atoms with E-state index >= 15 is 0 Å². The van der Waals surface area contributed by atoms with E-state index in [0.29, 0.717) is 17.0 Å². The summed E-state index contributed by atoms with van der Waals surface area (Å²) in [7, 11) is 2.54. The molecule has 0 bridgehead atoms. The van der Waals surface area contributed by atoms with Crippen molar-refractivity contribution in [3.05, 3.63) is 88.4 Å². The number of hydrogen-bond donors (Lipinski definition) is 4. The Labute approximate surface area is 290 Å². The Morgan fingerprint density at radius 3 is 2.50 bits per heavy atom. The number of carboxylic acid groups (broad SMARTS) is 1. The van der Waals surface area contributed by atoms with Gasteiger partial charge in [0.1, 0.15) is 30.0 Å². The number of amides is 3. The fourth-order valence-electron chi connectivity index (χ4n) is 5.37. The molecule has 1 fully saturated rings. The van der Waals surface area contributed by atoms with Crippen LogP contribution in [0.2, 0.25) is 0 Å². The molecule has 2 atom stereocenters. The summed E-state index contributed by atoms with van der Waals surface area (Å²) in [6.45, 7) is 0.205. The van der Waals surface area contributed by atoms with E-state index in [2.05, 4.69) is 30.1 Å². The Morgan fingerprint density at radius 1 is 1.14 bits per heavy atom. The molecule has 0 aliphatic carbocycles. The first-order valence-electron chi connectivity index (χ1n) is 14.6. The van der Waals surface area contributed by atoms with Gasteiger partial charge >= 0.3 is 11.7 Å². The normalized spacial score (nSPS) is 17.2. The second-order valence-corrected chi connectivity index (χ2v) is 12.6. The zero-order valence-electron chi connectivity index (χ0n) is 26.3. The first-order chi connectivity index (χ1) is 24.1. The van der Waals surface area contributed by atoms with Crippen LogP contribution in [-0.4, -0.2) is 84.7 Å². The van der Waals surface area contributed by atoms with E-state index < -0.39 is 40.9 Å². The molecule has 18 nitrogen and oxygen atoms in total. The van der Waals surface area contributed by atoms with Crippen molar-refractivity contribution in [3.63, 3.8) is 0 Å². The lowest BCUT2D eigenvalue weighted by atomic mass is 10.0. The van der Waals surface area contributed by atoms with Gasteiger partial charge in [-0.25, -0.2) is 24.2 Å². The number of thioether (sulfide) groups is 1. The van der Waals surface area contributed by atoms with Crippen molar-refractivity contribution in [1.29, 1.82) is 0 Å². The Bertz CT molecular complexity index is 2090. The van der Waals surface area contributed by atoms with E-state index in [4.69, 9.17) is 15.0 Å². The lowest BCUT2D eigenvalue weighted by Gasteiger charge is -2.49. The quantitative estimate of drug-likeness (QED) is 0.0644. The van der Waals surface area contributed by atoms with Crippen molar-refractivity contribution in [2.24, 2.45) is 5.16 Å². The Kier molecular flexibility index (Phi) is 9.74. The molecule has 0 saturated carbocycles. The van der Waals surface area contributed by atoms with Crippen LogP contribution < -0.4 is 26.9 Å². The number of carbonyl (C=O) groups excluding carboxylic acids is 3. The molecule has 50 heavy (non-hydrogen) atoms. The number of β-lactam (4-membered cyclic amide) rings is 1. The minimum absolute atomic E-state index is 0.0627. The summed E-state index contributed by atoms with van der Waals surface area (Å²) in [6, 6.07) is 9.84. The van der Waals surface area contributed by atoms with Gasteiger partial charge in [0.25, 0.3) is 17.7 Å². The van der Waals surface area contributed by atoms with Crippen LogP contribution >= 0.6 is 23.3 Å². The largest absolute Gasteiger partial charge is 0.477 e. The van der Waals surface area contributed by atoms with Crippen molar-refractivity contribution in [3.8, 4) is 16.8 Å². The second kappa shape index (κ2) is 14.3. The average Bonchev–Trinajstić information content (AvgIpc) is 3.70. The van der Waals surface area contributed by atoms with Crippen molar-refractivity contribution in [1.82, 2.24) is 29.6 Å². The zero-order valence-corrected chi connectivity index (χ0v) is 27.9. The lowest BCUT2D eigenvalue weighted by molar-refractivity contribution is -0.689. The molecule has 2 aliphatic heterocycles. The number of nitrogen functional groups attached to an aromatic ring is 1. The van der Waals surface area contributed by atoms with Crippen LogP contribution in [0.15, 0.2) is 80.6 Å². The molecule has 5 N–H and O–H groups in total. The van der Waals surface area contributed by atoms with Crippen molar-refractivity contribution >= 4 is 57.8 Å². The molecule has 6 rings (SSSR count). The molecule has 1 saturated heterocycles. The number of anilines is 1. The predicted molar refractivity (Wildman–Crippen MR) is 176 cm³/mol. The van der Waals surface area contributed by atoms with Gasteiger partial charge in [0.2, 0.25) is 11.5 Å². The Hall–Kier alpha value is -5.86. The van der Waals surface area contributed by atoms with E-state index in [1.165, 1.54) is 41.6 Å². The number of oxime groups is 1. The molecule has 3 amide bonds. The molecule has 5 heterocycles. The smallest absolute Gasteiger partial charge is 0.423 e. The predicted octanol–water partition coefficient (Wildman–Crippen LogP) is -0.172. The molecular weight excluding hydrogens is 695 g/mol. The minimum Gasteiger partial charge on any atom is -0.477 e. The number of aliphatic carboxylic acids is 1. The highest BCUT2D eigenvalue weighted by molar-refractivity contribution is 8.00. The molecule has 0 unspecified atom stereocenters. The maximum atomic E-state index is 13.2. The van der Waals surface area contributed by atoms with Gasteiger partial charge in [-0.3, -0.25) is 24.1 Å². The van der Waals surface area contributed by atoms with E-state index in [1.807, 2.05) is 24.3 Å². The summed E-state index contributed by atoms with van der Waals surface area (Å²) in [4.78, 5) is 77.1. The van der Waals surface area contributed by atoms with Crippen LogP contribution in [-0.2, 0) is 41.8 Å². The highest BCUT2D eigenvalue weighted by atomic mass is 32.2. The molecule has 0 spiro atoms. The van der Waals surface area contributed by atoms with Gasteiger partial charge in [0, 0.05) is 35.0 Å². The maximum absolute atomic E-state index is 13.2. The van der Waals surface area contributed by atoms with Gasteiger partial charge in [-0.1, -0.05) is 17.3 Å². The van der Waals surface area contributed by atoms with E-state index in [1.54, 1.807) is 29.1 Å². The summed E-state index contributed by atoms with van der Waals surface area (Å²) in [5.41, 5.74) is 10.2. The Balaban J connectivity index is 1.12. The highest BCUT2D eigenvalue weighted by Gasteiger charge is 2.55. The number of benzene rings is 1. The number of hydroxylamine groups is 1. The number of fused-ring (bicyclic) bond motifs is 1. The van der Waals surface area contributed by atoms with Crippen LogP contribution in [0.25, 0.3) is 16.8 Å². The van der Waals surface area contributed by atoms with Crippen LogP contribution in [0.5, 0.6) is 0 Å². The molecule has 1 aromatic carbocycles. The molecule has 258 valence electrons. The number of pyridine rings is 1. The molecule has 20 heteroatoms. The molecule has 4 aromatic rings. The second-order valence-electron chi connectivity index (χ2n) is 10.7. The van der Waals surface area contributed by atoms with Gasteiger partial charge in [0.05, 0.1) is 25.4 Å². The topological polar surface area (TPSA) is 237 Å². The third-order valence-corrected chi connectivity index (χ3v) is 9.45. The van der Waals surface area contributed by atoms with Crippen molar-refractivity contribution < 1.29 is 42.9 Å². The van der Waals surface area contributed by atoms with Gasteiger partial charge in [-0.2, -0.15) is 9.36 Å². The zero-order chi connectivity index (χ0) is 35.5. The van der Waals surface area contributed by atoms with Gasteiger partial charge in [-0.05, 0) is 23.3 Å². The minimum atomic E-state index is -1.26.